The molecule has 0 aliphatic rings. The molecule has 1 rings (SSSR count). The average molecular weight is 426 g/mol. The van der Waals surface area contributed by atoms with E-state index in [9.17, 15) is 0 Å². The molecule has 1 aromatic carbocycles. The van der Waals surface area contributed by atoms with Crippen molar-refractivity contribution < 1.29 is 0 Å². The molecule has 0 saturated heterocycles. The summed E-state index contributed by atoms with van der Waals surface area (Å²) in [6, 6.07) is 6.21. The highest BCUT2D eigenvalue weighted by molar-refractivity contribution is 14.0. The van der Waals surface area contributed by atoms with E-state index >= 15 is 0 Å². The quantitative estimate of drug-likeness (QED) is 0.455. The zero-order chi connectivity index (χ0) is 12.8. The molecule has 0 atom stereocenters. The summed E-state index contributed by atoms with van der Waals surface area (Å²) in [7, 11) is 0. The number of benzene rings is 1. The fourth-order valence-corrected chi connectivity index (χ4v) is 2.13. The molecular weight excluding hydrogens is 405 g/mol. The van der Waals surface area contributed by atoms with Gasteiger partial charge in [-0.2, -0.15) is 0 Å². The van der Waals surface area contributed by atoms with Crippen LogP contribution in [0.1, 0.15) is 25.0 Å². The summed E-state index contributed by atoms with van der Waals surface area (Å²) >= 11 is 3.45. The number of nitrogens with two attached hydrogens (primary N) is 1. The predicted molar refractivity (Wildman–Crippen MR) is 92.5 cm³/mol. The molecule has 5 heteroatoms. The van der Waals surface area contributed by atoms with Gasteiger partial charge in [0.15, 0.2) is 5.96 Å². The van der Waals surface area contributed by atoms with Crippen LogP contribution in [0.2, 0.25) is 0 Å². The molecule has 1 aromatic rings. The molecule has 0 aromatic heterocycles. The van der Waals surface area contributed by atoms with E-state index < -0.39 is 0 Å². The van der Waals surface area contributed by atoms with Crippen LogP contribution >= 0.6 is 39.9 Å². The predicted octanol–water partition coefficient (Wildman–Crippen LogP) is 3.53. The number of aryl methyl sites for hydroxylation is 1. The Balaban J connectivity index is 0.00000289. The monoisotopic (exact) mass is 425 g/mol. The van der Waals surface area contributed by atoms with Crippen molar-refractivity contribution in [3.05, 3.63) is 33.8 Å². The number of halogens is 2. The lowest BCUT2D eigenvalue weighted by Gasteiger charge is -2.19. The van der Waals surface area contributed by atoms with Crippen molar-refractivity contribution in [3.63, 3.8) is 0 Å². The Morgan fingerprint density at radius 1 is 1.33 bits per heavy atom. The maximum Gasteiger partial charge on any atom is 0.191 e. The average Bonchev–Trinajstić information content (AvgIpc) is 2.29. The first-order valence-corrected chi connectivity index (χ1v) is 6.67. The van der Waals surface area contributed by atoms with Gasteiger partial charge in [0.05, 0.1) is 6.54 Å². The number of guanidine groups is 1. The molecule has 0 unspecified atom stereocenters. The maximum atomic E-state index is 5.93. The summed E-state index contributed by atoms with van der Waals surface area (Å²) in [6.07, 6.45) is 0. The molecule has 0 amide bonds. The molecule has 0 saturated carbocycles. The maximum absolute atomic E-state index is 5.93. The minimum absolute atomic E-state index is 0. The Labute approximate surface area is 135 Å². The van der Waals surface area contributed by atoms with E-state index in [1.165, 1.54) is 11.1 Å². The molecule has 0 bridgehead atoms. The number of hydrogen-bond acceptors (Lipinski definition) is 1. The second kappa shape index (κ2) is 8.74. The Morgan fingerprint density at radius 3 is 2.44 bits per heavy atom. The highest BCUT2D eigenvalue weighted by Gasteiger charge is 2.03. The molecule has 18 heavy (non-hydrogen) atoms. The van der Waals surface area contributed by atoms with E-state index in [0.29, 0.717) is 12.5 Å². The highest BCUT2D eigenvalue weighted by Crippen LogP contribution is 2.16. The van der Waals surface area contributed by atoms with Crippen LogP contribution in [0.5, 0.6) is 0 Å². The summed E-state index contributed by atoms with van der Waals surface area (Å²) in [5.41, 5.74) is 8.38. The molecule has 0 heterocycles. The van der Waals surface area contributed by atoms with Crippen molar-refractivity contribution in [1.29, 1.82) is 0 Å². The highest BCUT2D eigenvalue weighted by atomic mass is 127. The Kier molecular flexibility index (Phi) is 8.60. The molecular formula is C13H21BrIN3. The largest absolute Gasteiger partial charge is 0.370 e. The third-order valence-corrected chi connectivity index (χ3v) is 3.30. The summed E-state index contributed by atoms with van der Waals surface area (Å²) in [5.74, 6) is 0.623. The van der Waals surface area contributed by atoms with Gasteiger partial charge in [0.1, 0.15) is 0 Å². The summed E-state index contributed by atoms with van der Waals surface area (Å²) < 4.78 is 1.10. The zero-order valence-electron chi connectivity index (χ0n) is 11.1. The molecule has 3 nitrogen and oxygen atoms in total. The van der Waals surface area contributed by atoms with Crippen LogP contribution in [0.4, 0.5) is 0 Å². The second-order valence-electron chi connectivity index (χ2n) is 3.92. The van der Waals surface area contributed by atoms with Gasteiger partial charge in [-0.3, -0.25) is 0 Å². The summed E-state index contributed by atoms with van der Waals surface area (Å²) in [4.78, 5) is 6.48. The van der Waals surface area contributed by atoms with Gasteiger partial charge in [-0.25, -0.2) is 4.99 Å². The van der Waals surface area contributed by atoms with E-state index in [1.54, 1.807) is 0 Å². The number of aliphatic imine (C=N–C) groups is 1. The van der Waals surface area contributed by atoms with Crippen LogP contribution in [0, 0.1) is 6.92 Å². The smallest absolute Gasteiger partial charge is 0.191 e. The fourth-order valence-electron chi connectivity index (χ4n) is 1.65. The minimum Gasteiger partial charge on any atom is -0.370 e. The Hall–Kier alpha value is -0.300. The van der Waals surface area contributed by atoms with Crippen molar-refractivity contribution in [2.45, 2.75) is 27.3 Å². The van der Waals surface area contributed by atoms with Crippen LogP contribution in [0.25, 0.3) is 0 Å². The van der Waals surface area contributed by atoms with Gasteiger partial charge < -0.3 is 10.6 Å². The van der Waals surface area contributed by atoms with E-state index in [-0.39, 0.29) is 24.0 Å². The first kappa shape index (κ1) is 17.7. The Morgan fingerprint density at radius 2 is 1.94 bits per heavy atom. The Bertz CT molecular complexity index is 403. The van der Waals surface area contributed by atoms with Gasteiger partial charge >= 0.3 is 0 Å². The number of hydrogen-bond donors (Lipinski definition) is 1. The van der Waals surface area contributed by atoms with Crippen molar-refractivity contribution in [3.8, 4) is 0 Å². The summed E-state index contributed by atoms with van der Waals surface area (Å²) in [6.45, 7) is 8.68. The van der Waals surface area contributed by atoms with Crippen LogP contribution in [0.15, 0.2) is 27.7 Å². The molecule has 0 aliphatic heterocycles. The molecule has 0 fully saturated rings. The summed E-state index contributed by atoms with van der Waals surface area (Å²) in [5, 5.41) is 0. The van der Waals surface area contributed by atoms with Gasteiger partial charge in [-0.15, -0.1) is 24.0 Å². The molecule has 102 valence electrons. The standard InChI is InChI=1S/C13H20BrN3.HI/c1-4-17(5-2)13(15)16-9-11-6-7-12(14)8-10(11)3;/h6-8H,4-5,9H2,1-3H3,(H2,15,16);1H. The van der Waals surface area contributed by atoms with E-state index in [2.05, 4.69) is 53.8 Å². The van der Waals surface area contributed by atoms with Crippen LogP contribution in [-0.4, -0.2) is 23.9 Å². The van der Waals surface area contributed by atoms with Crippen LogP contribution in [0.3, 0.4) is 0 Å². The van der Waals surface area contributed by atoms with Gasteiger partial charge in [-0.05, 0) is 44.0 Å². The third kappa shape index (κ3) is 5.14. The van der Waals surface area contributed by atoms with Gasteiger partial charge in [0, 0.05) is 17.6 Å². The van der Waals surface area contributed by atoms with Crippen LogP contribution < -0.4 is 5.73 Å². The van der Waals surface area contributed by atoms with Crippen molar-refractivity contribution >= 4 is 45.9 Å². The van der Waals surface area contributed by atoms with Gasteiger partial charge in [0.25, 0.3) is 0 Å². The van der Waals surface area contributed by atoms with Gasteiger partial charge in [-0.1, -0.05) is 22.0 Å². The van der Waals surface area contributed by atoms with E-state index in [1.807, 2.05) is 11.0 Å². The SMILES string of the molecule is CCN(CC)C(N)=NCc1ccc(Br)cc1C.I. The number of rotatable bonds is 4. The first-order valence-electron chi connectivity index (χ1n) is 5.88. The first-order chi connectivity index (χ1) is 8.08. The van der Waals surface area contributed by atoms with E-state index in [4.69, 9.17) is 5.73 Å². The normalized spacial score (nSPS) is 11.0. The second-order valence-corrected chi connectivity index (χ2v) is 4.83. The fraction of sp³-hybridized carbons (Fsp3) is 0.462. The molecule has 2 N–H and O–H groups in total. The molecule has 0 spiro atoms. The topological polar surface area (TPSA) is 41.6 Å². The van der Waals surface area contributed by atoms with Crippen molar-refractivity contribution in [2.24, 2.45) is 10.7 Å². The lowest BCUT2D eigenvalue weighted by Crippen LogP contribution is -2.37. The third-order valence-electron chi connectivity index (χ3n) is 2.80. The van der Waals surface area contributed by atoms with Crippen molar-refractivity contribution in [2.75, 3.05) is 13.1 Å². The molecule has 0 radical (unpaired) electrons. The van der Waals surface area contributed by atoms with Gasteiger partial charge in [0.2, 0.25) is 0 Å². The minimum atomic E-state index is 0. The van der Waals surface area contributed by atoms with Crippen molar-refractivity contribution in [1.82, 2.24) is 4.90 Å². The lowest BCUT2D eigenvalue weighted by atomic mass is 10.1. The zero-order valence-corrected chi connectivity index (χ0v) is 15.0. The lowest BCUT2D eigenvalue weighted by molar-refractivity contribution is 0.458. The number of nitrogens with zero attached hydrogens (tertiary/aromatic N) is 2. The van der Waals surface area contributed by atoms with E-state index in [0.717, 1.165) is 17.6 Å². The van der Waals surface area contributed by atoms with Crippen LogP contribution in [-0.2, 0) is 6.54 Å². The molecule has 0 aliphatic carbocycles.